The fourth-order valence-electron chi connectivity index (χ4n) is 1.79. The Balaban J connectivity index is 2.16. The fourth-order valence-corrected chi connectivity index (χ4v) is 1.79. The Hall–Kier alpha value is -1.36. The zero-order valence-corrected chi connectivity index (χ0v) is 10.4. The van der Waals surface area contributed by atoms with Crippen molar-refractivity contribution in [1.29, 1.82) is 0 Å². The highest BCUT2D eigenvalue weighted by molar-refractivity contribution is 5.75. The van der Waals surface area contributed by atoms with Crippen molar-refractivity contribution >= 4 is 5.91 Å². The molecule has 4 N–H and O–H groups in total. The molecule has 5 heteroatoms. The summed E-state index contributed by atoms with van der Waals surface area (Å²) in [6.45, 7) is 3.31. The first-order valence-corrected chi connectivity index (χ1v) is 6.21. The normalized spacial score (nSPS) is 12.4. The zero-order chi connectivity index (χ0) is 12.5. The molecule has 0 aromatic carbocycles. The van der Waals surface area contributed by atoms with E-state index in [1.165, 1.54) is 0 Å². The highest BCUT2D eigenvalue weighted by Gasteiger charge is 2.08. The van der Waals surface area contributed by atoms with Crippen molar-refractivity contribution in [3.05, 3.63) is 18.2 Å². The van der Waals surface area contributed by atoms with Gasteiger partial charge in [-0.3, -0.25) is 4.79 Å². The predicted octanol–water partition coefficient (Wildman–Crippen LogP) is 1.18. The number of imidazole rings is 1. The molecule has 1 unspecified atom stereocenters. The number of amides is 1. The van der Waals surface area contributed by atoms with Gasteiger partial charge < -0.3 is 16.0 Å². The van der Waals surface area contributed by atoms with Crippen molar-refractivity contribution in [1.82, 2.24) is 15.3 Å². The van der Waals surface area contributed by atoms with Crippen LogP contribution >= 0.6 is 0 Å². The van der Waals surface area contributed by atoms with Gasteiger partial charge in [-0.15, -0.1) is 0 Å². The van der Waals surface area contributed by atoms with Crippen molar-refractivity contribution in [3.8, 4) is 0 Å². The summed E-state index contributed by atoms with van der Waals surface area (Å²) < 4.78 is 0. The van der Waals surface area contributed by atoms with E-state index in [9.17, 15) is 4.79 Å². The topological polar surface area (TPSA) is 83.8 Å². The number of carbonyl (C=O) groups excluding carboxylic acids is 1. The summed E-state index contributed by atoms with van der Waals surface area (Å²) in [6, 6.07) is 0. The monoisotopic (exact) mass is 238 g/mol. The van der Waals surface area contributed by atoms with Crippen LogP contribution in [0.2, 0.25) is 0 Å². The molecule has 0 saturated carbocycles. The maximum atomic E-state index is 11.6. The Labute approximate surface area is 102 Å². The molecule has 0 aliphatic heterocycles. The molecule has 1 aromatic rings. The Morgan fingerprint density at radius 1 is 1.59 bits per heavy atom. The van der Waals surface area contributed by atoms with Crippen LogP contribution in [0.4, 0.5) is 0 Å². The van der Waals surface area contributed by atoms with Gasteiger partial charge in [0.15, 0.2) is 0 Å². The first-order chi connectivity index (χ1) is 8.26. The number of aromatic amines is 1. The van der Waals surface area contributed by atoms with Crippen LogP contribution < -0.4 is 11.1 Å². The van der Waals surface area contributed by atoms with Crippen LogP contribution in [0.15, 0.2) is 12.4 Å². The molecule has 0 aliphatic rings. The molecule has 96 valence electrons. The Morgan fingerprint density at radius 2 is 2.41 bits per heavy atom. The van der Waals surface area contributed by atoms with Crippen LogP contribution in [-0.2, 0) is 11.3 Å². The number of H-pyrrole nitrogens is 1. The van der Waals surface area contributed by atoms with E-state index in [0.717, 1.165) is 25.1 Å². The summed E-state index contributed by atoms with van der Waals surface area (Å²) in [5.41, 5.74) is 5.52. The zero-order valence-electron chi connectivity index (χ0n) is 10.4. The van der Waals surface area contributed by atoms with Gasteiger partial charge in [0.25, 0.3) is 0 Å². The van der Waals surface area contributed by atoms with E-state index in [2.05, 4.69) is 22.2 Å². The van der Waals surface area contributed by atoms with E-state index in [1.54, 1.807) is 12.4 Å². The van der Waals surface area contributed by atoms with Crippen LogP contribution in [0.5, 0.6) is 0 Å². The molecule has 0 bridgehead atoms. The molecule has 1 amide bonds. The van der Waals surface area contributed by atoms with Gasteiger partial charge in [0.1, 0.15) is 5.82 Å². The van der Waals surface area contributed by atoms with E-state index in [1.807, 2.05) is 0 Å². The number of aromatic nitrogens is 2. The summed E-state index contributed by atoms with van der Waals surface area (Å²) in [6.07, 6.45) is 6.99. The maximum absolute atomic E-state index is 11.6. The largest absolute Gasteiger partial charge is 0.349 e. The summed E-state index contributed by atoms with van der Waals surface area (Å²) in [4.78, 5) is 18.6. The smallest absolute Gasteiger partial charge is 0.220 e. The van der Waals surface area contributed by atoms with E-state index < -0.39 is 0 Å². The summed E-state index contributed by atoms with van der Waals surface area (Å²) >= 11 is 0. The standard InChI is InChI=1S/C12H22N4O/c1-2-10(5-6-13)3-4-12(17)16-9-11-14-7-8-15-11/h7-8,10H,2-6,9,13H2,1H3,(H,14,15)(H,16,17). The maximum Gasteiger partial charge on any atom is 0.220 e. The molecule has 1 heterocycles. The van der Waals surface area contributed by atoms with Gasteiger partial charge in [0.05, 0.1) is 6.54 Å². The number of hydrogen-bond acceptors (Lipinski definition) is 3. The average molecular weight is 238 g/mol. The summed E-state index contributed by atoms with van der Waals surface area (Å²) in [7, 11) is 0. The molecule has 0 spiro atoms. The van der Waals surface area contributed by atoms with Gasteiger partial charge >= 0.3 is 0 Å². The number of rotatable bonds is 8. The van der Waals surface area contributed by atoms with Gasteiger partial charge in [-0.25, -0.2) is 4.98 Å². The number of nitrogens with two attached hydrogens (primary N) is 1. The molecule has 5 nitrogen and oxygen atoms in total. The lowest BCUT2D eigenvalue weighted by Gasteiger charge is -2.12. The Bertz CT molecular complexity index is 310. The number of nitrogens with zero attached hydrogens (tertiary/aromatic N) is 1. The van der Waals surface area contributed by atoms with Crippen LogP contribution in [-0.4, -0.2) is 22.4 Å². The molecule has 1 rings (SSSR count). The molecule has 0 aliphatic carbocycles. The molecule has 17 heavy (non-hydrogen) atoms. The number of nitrogens with one attached hydrogen (secondary N) is 2. The van der Waals surface area contributed by atoms with Crippen molar-refractivity contribution < 1.29 is 4.79 Å². The highest BCUT2D eigenvalue weighted by atomic mass is 16.1. The van der Waals surface area contributed by atoms with Crippen LogP contribution in [0.3, 0.4) is 0 Å². The molecule has 0 fully saturated rings. The summed E-state index contributed by atoms with van der Waals surface area (Å²) in [5, 5.41) is 2.84. The van der Waals surface area contributed by atoms with Gasteiger partial charge in [0, 0.05) is 18.8 Å². The third kappa shape index (κ3) is 5.49. The van der Waals surface area contributed by atoms with Crippen LogP contribution in [0.1, 0.15) is 38.4 Å². The first-order valence-electron chi connectivity index (χ1n) is 6.21. The molecule has 1 aromatic heterocycles. The predicted molar refractivity (Wildman–Crippen MR) is 67.1 cm³/mol. The molecular weight excluding hydrogens is 216 g/mol. The van der Waals surface area contributed by atoms with E-state index >= 15 is 0 Å². The second-order valence-electron chi connectivity index (χ2n) is 4.20. The van der Waals surface area contributed by atoms with Crippen molar-refractivity contribution in [2.45, 2.75) is 39.2 Å². The minimum Gasteiger partial charge on any atom is -0.349 e. The highest BCUT2D eigenvalue weighted by Crippen LogP contribution is 2.14. The van der Waals surface area contributed by atoms with Gasteiger partial charge in [-0.2, -0.15) is 0 Å². The fraction of sp³-hybridized carbons (Fsp3) is 0.667. The molecule has 0 saturated heterocycles. The third-order valence-electron chi connectivity index (χ3n) is 2.94. The van der Waals surface area contributed by atoms with E-state index in [0.29, 0.717) is 25.4 Å². The Morgan fingerprint density at radius 3 is 3.00 bits per heavy atom. The van der Waals surface area contributed by atoms with Gasteiger partial charge in [0.2, 0.25) is 5.91 Å². The lowest BCUT2D eigenvalue weighted by Crippen LogP contribution is -2.24. The second kappa shape index (κ2) is 7.84. The minimum absolute atomic E-state index is 0.0804. The summed E-state index contributed by atoms with van der Waals surface area (Å²) in [5.74, 6) is 1.43. The van der Waals surface area contributed by atoms with Crippen molar-refractivity contribution in [2.75, 3.05) is 6.54 Å². The third-order valence-corrected chi connectivity index (χ3v) is 2.94. The molecular formula is C12H22N4O. The lowest BCUT2D eigenvalue weighted by molar-refractivity contribution is -0.121. The van der Waals surface area contributed by atoms with Crippen LogP contribution in [0.25, 0.3) is 0 Å². The number of hydrogen-bond donors (Lipinski definition) is 3. The van der Waals surface area contributed by atoms with Crippen molar-refractivity contribution in [2.24, 2.45) is 11.7 Å². The quantitative estimate of drug-likeness (QED) is 0.636. The van der Waals surface area contributed by atoms with Crippen molar-refractivity contribution in [3.63, 3.8) is 0 Å². The average Bonchev–Trinajstić information content (AvgIpc) is 2.85. The second-order valence-corrected chi connectivity index (χ2v) is 4.20. The number of carbonyl (C=O) groups is 1. The SMILES string of the molecule is CCC(CCN)CCC(=O)NCc1ncc[nH]1. The minimum atomic E-state index is 0.0804. The Kier molecular flexibility index (Phi) is 6.32. The van der Waals surface area contributed by atoms with E-state index in [-0.39, 0.29) is 5.91 Å². The molecule has 1 atom stereocenters. The van der Waals surface area contributed by atoms with Gasteiger partial charge in [-0.05, 0) is 25.3 Å². The van der Waals surface area contributed by atoms with E-state index in [4.69, 9.17) is 5.73 Å². The van der Waals surface area contributed by atoms with Gasteiger partial charge in [-0.1, -0.05) is 13.3 Å². The molecule has 0 radical (unpaired) electrons. The lowest BCUT2D eigenvalue weighted by atomic mass is 9.96. The first kappa shape index (κ1) is 13.7. The van der Waals surface area contributed by atoms with Crippen LogP contribution in [0, 0.1) is 5.92 Å².